The van der Waals surface area contributed by atoms with Gasteiger partial charge in [-0.1, -0.05) is 49.4 Å². The van der Waals surface area contributed by atoms with Crippen LogP contribution in [-0.2, 0) is 24.4 Å². The molecule has 0 spiro atoms. The van der Waals surface area contributed by atoms with Crippen LogP contribution in [0.15, 0.2) is 72.9 Å². The van der Waals surface area contributed by atoms with Gasteiger partial charge < -0.3 is 14.2 Å². The molecule has 0 bridgehead atoms. The van der Waals surface area contributed by atoms with E-state index in [1.54, 1.807) is 7.11 Å². The molecule has 1 amide bonds. The quantitative estimate of drug-likeness (QED) is 0.534. The van der Waals surface area contributed by atoms with Crippen LogP contribution in [0, 0.1) is 0 Å². The third kappa shape index (κ3) is 5.26. The van der Waals surface area contributed by atoms with Gasteiger partial charge in [-0.2, -0.15) is 0 Å². The largest absolute Gasteiger partial charge is 0.497 e. The molecule has 0 unspecified atom stereocenters. The lowest BCUT2D eigenvalue weighted by molar-refractivity contribution is -0.132. The molecule has 0 aliphatic carbocycles. The molecule has 0 fully saturated rings. The number of hydrogen-bond acceptors (Lipinski definition) is 2. The lowest BCUT2D eigenvalue weighted by atomic mass is 10.2. The number of hydrogen-bond donors (Lipinski definition) is 0. The molecule has 2 aromatic carbocycles. The Balaban J connectivity index is 1.77. The molecule has 0 radical (unpaired) electrons. The van der Waals surface area contributed by atoms with E-state index in [0.29, 0.717) is 19.5 Å². The number of carbonyl (C=O) groups excluding carboxylic acids is 1. The summed E-state index contributed by atoms with van der Waals surface area (Å²) in [4.78, 5) is 14.7. The van der Waals surface area contributed by atoms with Crippen molar-refractivity contribution in [2.45, 2.75) is 39.4 Å². The molecular weight excluding hydrogens is 348 g/mol. The molecule has 0 saturated heterocycles. The van der Waals surface area contributed by atoms with Crippen LogP contribution in [-0.4, -0.2) is 22.5 Å². The summed E-state index contributed by atoms with van der Waals surface area (Å²) in [7, 11) is 1.68. The number of ether oxygens (including phenoxy) is 1. The Kier molecular flexibility index (Phi) is 6.90. The zero-order valence-electron chi connectivity index (χ0n) is 16.7. The van der Waals surface area contributed by atoms with E-state index in [1.165, 1.54) is 5.56 Å². The number of carbonyl (C=O) groups is 1. The maximum absolute atomic E-state index is 12.7. The summed E-state index contributed by atoms with van der Waals surface area (Å²) in [6.45, 7) is 4.03. The standard InChI is InChI=1S/C24H28N2O2/c1-3-9-24(27)26(17-20-10-5-4-6-11-20)19-22-13-8-15-25(22)18-21-12-7-14-23(16-21)28-2/h4-8,10-16H,3,9,17-19H2,1-2H3. The first-order valence-electron chi connectivity index (χ1n) is 9.78. The van der Waals surface area contributed by atoms with Crippen LogP contribution in [0.3, 0.4) is 0 Å². The number of methoxy groups -OCH3 is 1. The van der Waals surface area contributed by atoms with Crippen molar-refractivity contribution in [1.29, 1.82) is 0 Å². The van der Waals surface area contributed by atoms with Crippen LogP contribution < -0.4 is 4.74 Å². The maximum atomic E-state index is 12.7. The van der Waals surface area contributed by atoms with Gasteiger partial charge in [0.15, 0.2) is 0 Å². The fourth-order valence-corrected chi connectivity index (χ4v) is 3.32. The molecule has 1 aromatic heterocycles. The van der Waals surface area contributed by atoms with Gasteiger partial charge in [0.25, 0.3) is 0 Å². The SMILES string of the molecule is CCCC(=O)N(Cc1ccccc1)Cc1cccn1Cc1cccc(OC)c1. The van der Waals surface area contributed by atoms with Crippen molar-refractivity contribution >= 4 is 5.91 Å². The Hall–Kier alpha value is -3.01. The highest BCUT2D eigenvalue weighted by Crippen LogP contribution is 2.17. The summed E-state index contributed by atoms with van der Waals surface area (Å²) >= 11 is 0. The van der Waals surface area contributed by atoms with Crippen molar-refractivity contribution in [3.05, 3.63) is 89.7 Å². The molecule has 0 N–H and O–H groups in total. The Bertz CT molecular complexity index is 886. The average molecular weight is 377 g/mol. The Morgan fingerprint density at radius 3 is 2.50 bits per heavy atom. The van der Waals surface area contributed by atoms with Gasteiger partial charge in [0.1, 0.15) is 5.75 Å². The van der Waals surface area contributed by atoms with E-state index in [4.69, 9.17) is 4.74 Å². The molecule has 0 atom stereocenters. The molecule has 0 aliphatic heterocycles. The molecule has 3 aromatic rings. The van der Waals surface area contributed by atoms with Crippen LogP contribution in [0.4, 0.5) is 0 Å². The zero-order valence-corrected chi connectivity index (χ0v) is 16.7. The van der Waals surface area contributed by atoms with Crippen LogP contribution in [0.2, 0.25) is 0 Å². The van der Waals surface area contributed by atoms with Crippen molar-refractivity contribution in [3.63, 3.8) is 0 Å². The summed E-state index contributed by atoms with van der Waals surface area (Å²) in [5, 5.41) is 0. The Labute approximate surface area is 167 Å². The van der Waals surface area contributed by atoms with E-state index in [2.05, 4.69) is 35.0 Å². The van der Waals surface area contributed by atoms with Gasteiger partial charge in [-0.3, -0.25) is 4.79 Å². The van der Waals surface area contributed by atoms with E-state index in [-0.39, 0.29) is 5.91 Å². The molecule has 4 heteroatoms. The van der Waals surface area contributed by atoms with Crippen molar-refractivity contribution in [1.82, 2.24) is 9.47 Å². The Morgan fingerprint density at radius 1 is 0.964 bits per heavy atom. The predicted molar refractivity (Wildman–Crippen MR) is 112 cm³/mol. The van der Waals surface area contributed by atoms with Gasteiger partial charge in [-0.05, 0) is 41.8 Å². The predicted octanol–water partition coefficient (Wildman–Crippen LogP) is 4.87. The zero-order chi connectivity index (χ0) is 19.8. The van der Waals surface area contributed by atoms with Gasteiger partial charge in [-0.15, -0.1) is 0 Å². The van der Waals surface area contributed by atoms with Crippen LogP contribution in [0.25, 0.3) is 0 Å². The normalized spacial score (nSPS) is 10.6. The molecule has 0 saturated carbocycles. The number of rotatable bonds is 9. The summed E-state index contributed by atoms with van der Waals surface area (Å²) in [5.74, 6) is 1.05. The van der Waals surface area contributed by atoms with E-state index < -0.39 is 0 Å². The third-order valence-corrected chi connectivity index (χ3v) is 4.80. The highest BCUT2D eigenvalue weighted by molar-refractivity contribution is 5.76. The summed E-state index contributed by atoms with van der Waals surface area (Å²) in [6, 6.07) is 22.4. The van der Waals surface area contributed by atoms with E-state index in [9.17, 15) is 4.79 Å². The molecule has 3 rings (SSSR count). The summed E-state index contributed by atoms with van der Waals surface area (Å²) in [6.07, 6.45) is 3.50. The number of nitrogens with zero attached hydrogens (tertiary/aromatic N) is 2. The fraction of sp³-hybridized carbons (Fsp3) is 0.292. The second-order valence-electron chi connectivity index (χ2n) is 6.96. The number of benzene rings is 2. The summed E-state index contributed by atoms with van der Waals surface area (Å²) < 4.78 is 7.53. The second kappa shape index (κ2) is 9.79. The van der Waals surface area contributed by atoms with Crippen molar-refractivity contribution in [3.8, 4) is 5.75 Å². The highest BCUT2D eigenvalue weighted by atomic mass is 16.5. The topological polar surface area (TPSA) is 34.5 Å². The number of amides is 1. The highest BCUT2D eigenvalue weighted by Gasteiger charge is 2.15. The third-order valence-electron chi connectivity index (χ3n) is 4.80. The first-order valence-corrected chi connectivity index (χ1v) is 9.78. The maximum Gasteiger partial charge on any atom is 0.223 e. The lowest BCUT2D eigenvalue weighted by Crippen LogP contribution is -2.30. The monoisotopic (exact) mass is 376 g/mol. The minimum Gasteiger partial charge on any atom is -0.497 e. The van der Waals surface area contributed by atoms with E-state index in [0.717, 1.165) is 30.0 Å². The van der Waals surface area contributed by atoms with Gasteiger partial charge >= 0.3 is 0 Å². The Morgan fingerprint density at radius 2 is 1.75 bits per heavy atom. The number of aromatic nitrogens is 1. The summed E-state index contributed by atoms with van der Waals surface area (Å²) in [5.41, 5.74) is 3.45. The second-order valence-corrected chi connectivity index (χ2v) is 6.96. The first kappa shape index (κ1) is 19.7. The molecule has 28 heavy (non-hydrogen) atoms. The van der Waals surface area contributed by atoms with E-state index >= 15 is 0 Å². The minimum atomic E-state index is 0.195. The van der Waals surface area contributed by atoms with Gasteiger partial charge in [-0.25, -0.2) is 0 Å². The van der Waals surface area contributed by atoms with Crippen LogP contribution >= 0.6 is 0 Å². The molecule has 0 aliphatic rings. The first-order chi connectivity index (χ1) is 13.7. The molecule has 1 heterocycles. The fourth-order valence-electron chi connectivity index (χ4n) is 3.32. The van der Waals surface area contributed by atoms with Crippen molar-refractivity contribution in [2.24, 2.45) is 0 Å². The van der Waals surface area contributed by atoms with Gasteiger partial charge in [0.05, 0.1) is 13.7 Å². The van der Waals surface area contributed by atoms with Gasteiger partial charge in [0.2, 0.25) is 5.91 Å². The van der Waals surface area contributed by atoms with Crippen molar-refractivity contribution < 1.29 is 9.53 Å². The minimum absolute atomic E-state index is 0.195. The van der Waals surface area contributed by atoms with E-state index in [1.807, 2.05) is 54.3 Å². The van der Waals surface area contributed by atoms with Crippen molar-refractivity contribution in [2.75, 3.05) is 7.11 Å². The molecule has 146 valence electrons. The lowest BCUT2D eigenvalue weighted by Gasteiger charge is -2.24. The average Bonchev–Trinajstić information content (AvgIpc) is 3.15. The van der Waals surface area contributed by atoms with Crippen LogP contribution in [0.5, 0.6) is 5.75 Å². The van der Waals surface area contributed by atoms with Crippen LogP contribution in [0.1, 0.15) is 36.6 Å². The van der Waals surface area contributed by atoms with Gasteiger partial charge in [0, 0.05) is 31.4 Å². The molecular formula is C24H28N2O2. The smallest absolute Gasteiger partial charge is 0.223 e. The molecule has 4 nitrogen and oxygen atoms in total.